The first-order valence-corrected chi connectivity index (χ1v) is 9.48. The Bertz CT molecular complexity index is 900. The van der Waals surface area contributed by atoms with Crippen molar-refractivity contribution in [2.24, 2.45) is 5.73 Å². The molecular weight excluding hydrogens is 381 g/mol. The number of halogens is 3. The van der Waals surface area contributed by atoms with Crippen molar-refractivity contribution in [3.05, 3.63) is 58.7 Å². The number of rotatable bonds is 2. The van der Waals surface area contributed by atoms with Crippen LogP contribution in [0.4, 0.5) is 18.0 Å². The van der Waals surface area contributed by atoms with Crippen LogP contribution in [0.15, 0.2) is 36.4 Å². The maximum Gasteiger partial charge on any atom is 0.416 e. The summed E-state index contributed by atoms with van der Waals surface area (Å²) in [6.45, 7) is 6.61. The molecule has 29 heavy (non-hydrogen) atoms. The summed E-state index contributed by atoms with van der Waals surface area (Å²) in [5.41, 5.74) is 8.87. The van der Waals surface area contributed by atoms with E-state index in [0.717, 1.165) is 34.4 Å². The van der Waals surface area contributed by atoms with Gasteiger partial charge in [-0.05, 0) is 73.2 Å². The van der Waals surface area contributed by atoms with Crippen LogP contribution in [0.25, 0.3) is 11.1 Å². The molecule has 0 unspecified atom stereocenters. The summed E-state index contributed by atoms with van der Waals surface area (Å²) in [7, 11) is 0. The average molecular weight is 406 g/mol. The zero-order valence-corrected chi connectivity index (χ0v) is 16.8. The molecule has 2 N–H and O–H groups in total. The number of ether oxygens (including phenoxy) is 1. The predicted molar refractivity (Wildman–Crippen MR) is 105 cm³/mol. The standard InChI is InChI=1S/C22H25F3N2O2/c1-21(2,3)29-20(28)27-9-8-16-10-14(12-26)11-18(19(16)13-27)15-4-6-17(7-5-15)22(23,24)25/h4-7,10-11H,8-9,12-13,26H2,1-3H3. The first-order valence-electron chi connectivity index (χ1n) is 9.48. The number of hydrogen-bond donors (Lipinski definition) is 1. The minimum absolute atomic E-state index is 0.330. The van der Waals surface area contributed by atoms with E-state index in [0.29, 0.717) is 31.6 Å². The highest BCUT2D eigenvalue weighted by Gasteiger charge is 2.31. The lowest BCUT2D eigenvalue weighted by Crippen LogP contribution is -2.40. The fourth-order valence-corrected chi connectivity index (χ4v) is 3.43. The Kier molecular flexibility index (Phi) is 5.63. The Morgan fingerprint density at radius 3 is 2.34 bits per heavy atom. The first-order chi connectivity index (χ1) is 13.5. The van der Waals surface area contributed by atoms with E-state index in [1.165, 1.54) is 12.1 Å². The van der Waals surface area contributed by atoms with Gasteiger partial charge in [0.05, 0.1) is 5.56 Å². The van der Waals surface area contributed by atoms with Crippen LogP contribution < -0.4 is 5.73 Å². The Morgan fingerprint density at radius 1 is 1.14 bits per heavy atom. The Morgan fingerprint density at radius 2 is 1.79 bits per heavy atom. The normalized spacial score (nSPS) is 14.5. The number of alkyl halides is 3. The second-order valence-corrected chi connectivity index (χ2v) is 8.21. The number of carbonyl (C=O) groups excluding carboxylic acids is 1. The van der Waals surface area contributed by atoms with Gasteiger partial charge < -0.3 is 15.4 Å². The molecule has 0 fully saturated rings. The highest BCUT2D eigenvalue weighted by Crippen LogP contribution is 2.35. The van der Waals surface area contributed by atoms with Crippen LogP contribution in [-0.2, 0) is 30.4 Å². The van der Waals surface area contributed by atoms with E-state index in [9.17, 15) is 18.0 Å². The molecule has 1 heterocycles. The molecule has 0 saturated carbocycles. The van der Waals surface area contributed by atoms with Gasteiger partial charge in [-0.1, -0.05) is 18.2 Å². The molecular formula is C22H25F3N2O2. The van der Waals surface area contributed by atoms with Crippen molar-refractivity contribution >= 4 is 6.09 Å². The molecule has 2 aromatic carbocycles. The highest BCUT2D eigenvalue weighted by atomic mass is 19.4. The third kappa shape index (κ3) is 4.90. The molecule has 4 nitrogen and oxygen atoms in total. The number of benzene rings is 2. The molecule has 1 aliphatic heterocycles. The fourth-order valence-electron chi connectivity index (χ4n) is 3.43. The summed E-state index contributed by atoms with van der Waals surface area (Å²) in [5, 5.41) is 0. The monoisotopic (exact) mass is 406 g/mol. The van der Waals surface area contributed by atoms with Gasteiger partial charge in [0.15, 0.2) is 0 Å². The molecule has 0 radical (unpaired) electrons. The van der Waals surface area contributed by atoms with Crippen LogP contribution in [0.3, 0.4) is 0 Å². The number of fused-ring (bicyclic) bond motifs is 1. The van der Waals surface area contributed by atoms with Gasteiger partial charge in [-0.15, -0.1) is 0 Å². The second kappa shape index (κ2) is 7.71. The summed E-state index contributed by atoms with van der Waals surface area (Å²) in [4.78, 5) is 14.1. The largest absolute Gasteiger partial charge is 0.444 e. The Hall–Kier alpha value is -2.54. The number of carbonyl (C=O) groups is 1. The van der Waals surface area contributed by atoms with Gasteiger partial charge in [-0.3, -0.25) is 0 Å². The lowest BCUT2D eigenvalue weighted by molar-refractivity contribution is -0.137. The highest BCUT2D eigenvalue weighted by molar-refractivity contribution is 5.73. The summed E-state index contributed by atoms with van der Waals surface area (Å²) in [6, 6.07) is 8.97. The molecule has 156 valence electrons. The predicted octanol–water partition coefficient (Wildman–Crippen LogP) is 5.12. The second-order valence-electron chi connectivity index (χ2n) is 8.21. The molecule has 0 atom stereocenters. The maximum atomic E-state index is 12.9. The van der Waals surface area contributed by atoms with Crippen molar-refractivity contribution in [3.63, 3.8) is 0 Å². The lowest BCUT2D eigenvalue weighted by atomic mass is 9.89. The van der Waals surface area contributed by atoms with Crippen LogP contribution in [0.2, 0.25) is 0 Å². The number of hydrogen-bond acceptors (Lipinski definition) is 3. The number of amides is 1. The van der Waals surface area contributed by atoms with E-state index >= 15 is 0 Å². The van der Waals surface area contributed by atoms with Gasteiger partial charge in [0.1, 0.15) is 5.60 Å². The van der Waals surface area contributed by atoms with Crippen molar-refractivity contribution in [3.8, 4) is 11.1 Å². The van der Waals surface area contributed by atoms with Gasteiger partial charge in [-0.25, -0.2) is 4.79 Å². The summed E-state index contributed by atoms with van der Waals surface area (Å²) < 4.78 is 44.2. The SMILES string of the molecule is CC(C)(C)OC(=O)N1CCc2cc(CN)cc(-c3ccc(C(F)(F)F)cc3)c2C1. The third-order valence-electron chi connectivity index (χ3n) is 4.81. The van der Waals surface area contributed by atoms with Crippen molar-refractivity contribution in [2.45, 2.75) is 52.1 Å². The van der Waals surface area contributed by atoms with E-state index in [2.05, 4.69) is 0 Å². The number of nitrogens with two attached hydrogens (primary N) is 1. The maximum absolute atomic E-state index is 12.9. The van der Waals surface area contributed by atoms with Crippen molar-refractivity contribution < 1.29 is 22.7 Å². The zero-order valence-electron chi connectivity index (χ0n) is 16.8. The van der Waals surface area contributed by atoms with Gasteiger partial charge in [0.25, 0.3) is 0 Å². The van der Waals surface area contributed by atoms with Gasteiger partial charge in [-0.2, -0.15) is 13.2 Å². The van der Waals surface area contributed by atoms with E-state index < -0.39 is 23.4 Å². The zero-order chi connectivity index (χ0) is 21.4. The van der Waals surface area contributed by atoms with E-state index in [1.807, 2.05) is 32.9 Å². The molecule has 0 aliphatic carbocycles. The van der Waals surface area contributed by atoms with Gasteiger partial charge in [0, 0.05) is 19.6 Å². The van der Waals surface area contributed by atoms with Gasteiger partial charge >= 0.3 is 12.3 Å². The minimum Gasteiger partial charge on any atom is -0.444 e. The van der Waals surface area contributed by atoms with Crippen molar-refractivity contribution in [2.75, 3.05) is 6.54 Å². The number of nitrogens with zero attached hydrogens (tertiary/aromatic N) is 1. The lowest BCUT2D eigenvalue weighted by Gasteiger charge is -2.32. The van der Waals surface area contributed by atoms with Gasteiger partial charge in [0.2, 0.25) is 0 Å². The van der Waals surface area contributed by atoms with E-state index in [1.54, 1.807) is 4.90 Å². The van der Waals surface area contributed by atoms with E-state index in [-0.39, 0.29) is 0 Å². The fraction of sp³-hybridized carbons (Fsp3) is 0.409. The molecule has 7 heteroatoms. The Balaban J connectivity index is 1.98. The molecule has 0 spiro atoms. The van der Waals surface area contributed by atoms with Crippen molar-refractivity contribution in [1.82, 2.24) is 4.90 Å². The van der Waals surface area contributed by atoms with Crippen molar-refractivity contribution in [1.29, 1.82) is 0 Å². The summed E-state index contributed by atoms with van der Waals surface area (Å²) >= 11 is 0. The van der Waals surface area contributed by atoms with Crippen LogP contribution in [-0.4, -0.2) is 23.1 Å². The smallest absolute Gasteiger partial charge is 0.416 e. The first kappa shape index (κ1) is 21.2. The van der Waals surface area contributed by atoms with Crippen LogP contribution >= 0.6 is 0 Å². The molecule has 3 rings (SSSR count). The van der Waals surface area contributed by atoms with Crippen LogP contribution in [0, 0.1) is 0 Å². The quantitative estimate of drug-likeness (QED) is 0.753. The molecule has 1 aliphatic rings. The molecule has 2 aromatic rings. The van der Waals surface area contributed by atoms with Crippen LogP contribution in [0.5, 0.6) is 0 Å². The topological polar surface area (TPSA) is 55.6 Å². The molecule has 1 amide bonds. The average Bonchev–Trinajstić information content (AvgIpc) is 2.64. The van der Waals surface area contributed by atoms with Crippen LogP contribution in [0.1, 0.15) is 43.0 Å². The summed E-state index contributed by atoms with van der Waals surface area (Å²) in [6.07, 6.45) is -4.15. The Labute approximate surface area is 168 Å². The van der Waals surface area contributed by atoms with E-state index in [4.69, 9.17) is 10.5 Å². The molecule has 0 saturated heterocycles. The molecule has 0 bridgehead atoms. The summed E-state index contributed by atoms with van der Waals surface area (Å²) in [5.74, 6) is 0. The molecule has 0 aromatic heterocycles. The minimum atomic E-state index is -4.38. The third-order valence-corrected chi connectivity index (χ3v) is 4.81.